The predicted octanol–water partition coefficient (Wildman–Crippen LogP) is 4.96. The molecule has 0 aliphatic carbocycles. The van der Waals surface area contributed by atoms with Crippen LogP contribution in [0.15, 0.2) is 66.7 Å². The highest BCUT2D eigenvalue weighted by Crippen LogP contribution is 2.37. The van der Waals surface area contributed by atoms with Crippen molar-refractivity contribution in [2.45, 2.75) is 0 Å². The molecule has 6 heteroatoms. The minimum atomic E-state index is -0.309. The SMILES string of the molecule is Fc1ccc(-c2nc(Oc3ccc4c(c3)OCO4)c3ccccc3n2)cc1. The first-order valence-electron chi connectivity index (χ1n) is 8.36. The number of aromatic nitrogens is 2. The number of para-hydroxylation sites is 1. The van der Waals surface area contributed by atoms with Gasteiger partial charge in [-0.2, -0.15) is 4.98 Å². The van der Waals surface area contributed by atoms with E-state index in [0.29, 0.717) is 34.5 Å². The van der Waals surface area contributed by atoms with Gasteiger partial charge in [-0.25, -0.2) is 9.37 Å². The molecule has 27 heavy (non-hydrogen) atoms. The predicted molar refractivity (Wildman–Crippen MR) is 97.6 cm³/mol. The van der Waals surface area contributed by atoms with Crippen molar-refractivity contribution < 1.29 is 18.6 Å². The van der Waals surface area contributed by atoms with Crippen LogP contribution < -0.4 is 14.2 Å². The normalized spacial score (nSPS) is 12.3. The number of hydrogen-bond donors (Lipinski definition) is 0. The maximum atomic E-state index is 13.2. The molecular weight excluding hydrogens is 347 g/mol. The molecule has 0 saturated carbocycles. The molecular formula is C21H13FN2O3. The summed E-state index contributed by atoms with van der Waals surface area (Å²) < 4.78 is 30.0. The fraction of sp³-hybridized carbons (Fsp3) is 0.0476. The molecule has 0 amide bonds. The molecule has 4 aromatic rings. The Hall–Kier alpha value is -3.67. The van der Waals surface area contributed by atoms with Crippen LogP contribution in [0.4, 0.5) is 4.39 Å². The van der Waals surface area contributed by atoms with E-state index in [2.05, 4.69) is 9.97 Å². The van der Waals surface area contributed by atoms with Crippen LogP contribution >= 0.6 is 0 Å². The zero-order chi connectivity index (χ0) is 18.2. The summed E-state index contributed by atoms with van der Waals surface area (Å²) in [6.07, 6.45) is 0. The number of hydrogen-bond acceptors (Lipinski definition) is 5. The monoisotopic (exact) mass is 360 g/mol. The van der Waals surface area contributed by atoms with E-state index < -0.39 is 0 Å². The van der Waals surface area contributed by atoms with Crippen molar-refractivity contribution in [2.75, 3.05) is 6.79 Å². The van der Waals surface area contributed by atoms with Gasteiger partial charge in [-0.05, 0) is 48.5 Å². The highest BCUT2D eigenvalue weighted by atomic mass is 19.1. The summed E-state index contributed by atoms with van der Waals surface area (Å²) in [5, 5.41) is 0.779. The lowest BCUT2D eigenvalue weighted by molar-refractivity contribution is 0.174. The van der Waals surface area contributed by atoms with E-state index in [0.717, 1.165) is 10.9 Å². The van der Waals surface area contributed by atoms with Crippen LogP contribution in [-0.4, -0.2) is 16.8 Å². The molecule has 0 unspecified atom stereocenters. The van der Waals surface area contributed by atoms with E-state index in [1.54, 1.807) is 30.3 Å². The molecule has 0 bridgehead atoms. The molecule has 0 saturated heterocycles. The third-order valence-electron chi connectivity index (χ3n) is 4.23. The van der Waals surface area contributed by atoms with Crippen molar-refractivity contribution in [3.63, 3.8) is 0 Å². The van der Waals surface area contributed by atoms with Crippen LogP contribution in [0.1, 0.15) is 0 Å². The number of fused-ring (bicyclic) bond motifs is 2. The molecule has 0 fully saturated rings. The summed E-state index contributed by atoms with van der Waals surface area (Å²) in [6, 6.07) is 19.0. The lowest BCUT2D eigenvalue weighted by Gasteiger charge is -2.10. The first-order chi connectivity index (χ1) is 13.3. The smallest absolute Gasteiger partial charge is 0.231 e. The van der Waals surface area contributed by atoms with Crippen LogP contribution in [0.2, 0.25) is 0 Å². The van der Waals surface area contributed by atoms with E-state index in [4.69, 9.17) is 14.2 Å². The van der Waals surface area contributed by atoms with Gasteiger partial charge in [0, 0.05) is 11.6 Å². The van der Waals surface area contributed by atoms with Crippen LogP contribution in [0.3, 0.4) is 0 Å². The standard InChI is InChI=1S/C21H13FN2O3/c22-14-7-5-13(6-8-14)20-23-17-4-2-1-3-16(17)21(24-20)27-15-9-10-18-19(11-15)26-12-25-18/h1-11H,12H2. The molecule has 132 valence electrons. The molecule has 0 atom stereocenters. The Balaban J connectivity index is 1.60. The fourth-order valence-corrected chi connectivity index (χ4v) is 2.91. The number of benzene rings is 3. The Kier molecular flexibility index (Phi) is 3.60. The number of rotatable bonds is 3. The first-order valence-corrected chi connectivity index (χ1v) is 8.36. The average Bonchev–Trinajstić information content (AvgIpc) is 3.16. The Morgan fingerprint density at radius 1 is 0.852 bits per heavy atom. The fourth-order valence-electron chi connectivity index (χ4n) is 2.91. The maximum absolute atomic E-state index is 13.2. The number of ether oxygens (including phenoxy) is 3. The summed E-state index contributed by atoms with van der Waals surface area (Å²) in [5.41, 5.74) is 1.44. The molecule has 2 heterocycles. The van der Waals surface area contributed by atoms with Gasteiger partial charge in [-0.1, -0.05) is 12.1 Å². The zero-order valence-corrected chi connectivity index (χ0v) is 14.1. The topological polar surface area (TPSA) is 53.5 Å². The molecule has 1 aliphatic rings. The summed E-state index contributed by atoms with van der Waals surface area (Å²) >= 11 is 0. The van der Waals surface area contributed by atoms with Crippen molar-refractivity contribution in [2.24, 2.45) is 0 Å². The third kappa shape index (κ3) is 2.91. The average molecular weight is 360 g/mol. The van der Waals surface area contributed by atoms with Gasteiger partial charge in [0.1, 0.15) is 11.6 Å². The second kappa shape index (κ2) is 6.25. The highest BCUT2D eigenvalue weighted by molar-refractivity contribution is 5.85. The second-order valence-corrected chi connectivity index (χ2v) is 5.99. The summed E-state index contributed by atoms with van der Waals surface area (Å²) in [6.45, 7) is 0.198. The second-order valence-electron chi connectivity index (χ2n) is 5.99. The van der Waals surface area contributed by atoms with Gasteiger partial charge in [0.15, 0.2) is 17.3 Å². The van der Waals surface area contributed by atoms with Crippen molar-refractivity contribution in [1.82, 2.24) is 9.97 Å². The molecule has 1 aromatic heterocycles. The molecule has 0 radical (unpaired) electrons. The van der Waals surface area contributed by atoms with Gasteiger partial charge >= 0.3 is 0 Å². The van der Waals surface area contributed by atoms with Gasteiger partial charge in [0.2, 0.25) is 12.7 Å². The van der Waals surface area contributed by atoms with Crippen molar-refractivity contribution in [3.05, 3.63) is 72.5 Å². The summed E-state index contributed by atoms with van der Waals surface area (Å²) in [5.74, 6) is 2.46. The van der Waals surface area contributed by atoms with Gasteiger partial charge in [0.05, 0.1) is 10.9 Å². The zero-order valence-electron chi connectivity index (χ0n) is 14.1. The molecule has 0 spiro atoms. The minimum Gasteiger partial charge on any atom is -0.454 e. The van der Waals surface area contributed by atoms with Gasteiger partial charge in [0.25, 0.3) is 0 Å². The summed E-state index contributed by atoms with van der Waals surface area (Å²) in [7, 11) is 0. The van der Waals surface area contributed by atoms with E-state index in [1.165, 1.54) is 12.1 Å². The molecule has 1 aliphatic heterocycles. The van der Waals surface area contributed by atoms with E-state index in [-0.39, 0.29) is 12.6 Å². The van der Waals surface area contributed by atoms with Crippen LogP contribution in [0.25, 0.3) is 22.3 Å². The third-order valence-corrected chi connectivity index (χ3v) is 4.23. The van der Waals surface area contributed by atoms with Gasteiger partial charge in [-0.3, -0.25) is 0 Å². The van der Waals surface area contributed by atoms with E-state index in [9.17, 15) is 4.39 Å². The quantitative estimate of drug-likeness (QED) is 0.517. The Morgan fingerprint density at radius 2 is 1.67 bits per heavy atom. The molecule has 5 nitrogen and oxygen atoms in total. The van der Waals surface area contributed by atoms with Crippen molar-refractivity contribution in [3.8, 4) is 34.5 Å². The molecule has 0 N–H and O–H groups in total. The Morgan fingerprint density at radius 3 is 2.56 bits per heavy atom. The van der Waals surface area contributed by atoms with Gasteiger partial charge in [-0.15, -0.1) is 0 Å². The largest absolute Gasteiger partial charge is 0.454 e. The minimum absolute atomic E-state index is 0.198. The van der Waals surface area contributed by atoms with Crippen LogP contribution in [0.5, 0.6) is 23.1 Å². The van der Waals surface area contributed by atoms with Gasteiger partial charge < -0.3 is 14.2 Å². The van der Waals surface area contributed by atoms with Crippen LogP contribution in [-0.2, 0) is 0 Å². The number of halogens is 1. The number of nitrogens with zero attached hydrogens (tertiary/aromatic N) is 2. The Labute approximate surface area is 154 Å². The Bertz CT molecular complexity index is 1150. The lowest BCUT2D eigenvalue weighted by atomic mass is 10.2. The van der Waals surface area contributed by atoms with Crippen molar-refractivity contribution in [1.29, 1.82) is 0 Å². The maximum Gasteiger partial charge on any atom is 0.231 e. The highest BCUT2D eigenvalue weighted by Gasteiger charge is 2.16. The van der Waals surface area contributed by atoms with Crippen molar-refractivity contribution >= 4 is 10.9 Å². The molecule has 3 aromatic carbocycles. The summed E-state index contributed by atoms with van der Waals surface area (Å²) in [4.78, 5) is 9.14. The lowest BCUT2D eigenvalue weighted by Crippen LogP contribution is -1.96. The molecule has 5 rings (SSSR count). The van der Waals surface area contributed by atoms with E-state index >= 15 is 0 Å². The van der Waals surface area contributed by atoms with E-state index in [1.807, 2.05) is 24.3 Å². The first kappa shape index (κ1) is 15.6. The van der Waals surface area contributed by atoms with Crippen LogP contribution in [0, 0.1) is 5.82 Å².